The van der Waals surface area contributed by atoms with Gasteiger partial charge < -0.3 is 10.1 Å². The third kappa shape index (κ3) is 6.11. The van der Waals surface area contributed by atoms with E-state index in [0.29, 0.717) is 6.04 Å². The highest BCUT2D eigenvalue weighted by molar-refractivity contribution is 5.76. The van der Waals surface area contributed by atoms with E-state index in [1.807, 2.05) is 34.6 Å². The van der Waals surface area contributed by atoms with Crippen LogP contribution in [0.3, 0.4) is 0 Å². The number of ether oxygens (including phenoxy) is 1. The second-order valence-corrected chi connectivity index (χ2v) is 5.73. The standard InChI is InChI=1S/C13H27NO2/c1-8-10(4)14-11(9(2)3)12(15)16-13(5,6)7/h9-11,14H,8H2,1-7H3/t10?,11-/m0/s1. The zero-order chi connectivity index (χ0) is 12.9. The molecule has 96 valence electrons. The molecule has 0 spiro atoms. The average molecular weight is 229 g/mol. The van der Waals surface area contributed by atoms with Crippen molar-refractivity contribution < 1.29 is 9.53 Å². The van der Waals surface area contributed by atoms with Gasteiger partial charge in [-0.15, -0.1) is 0 Å². The van der Waals surface area contributed by atoms with Crippen molar-refractivity contribution in [1.29, 1.82) is 0 Å². The van der Waals surface area contributed by atoms with Crippen molar-refractivity contribution in [3.63, 3.8) is 0 Å². The van der Waals surface area contributed by atoms with Crippen LogP contribution >= 0.6 is 0 Å². The molecular weight excluding hydrogens is 202 g/mol. The Kier molecular flexibility index (Phi) is 6.01. The van der Waals surface area contributed by atoms with Crippen LogP contribution in [-0.2, 0) is 9.53 Å². The maximum Gasteiger partial charge on any atom is 0.323 e. The number of hydrogen-bond acceptors (Lipinski definition) is 3. The smallest absolute Gasteiger partial charge is 0.323 e. The first-order chi connectivity index (χ1) is 7.17. The van der Waals surface area contributed by atoms with Crippen molar-refractivity contribution in [2.45, 2.75) is 72.6 Å². The SMILES string of the molecule is CCC(C)N[C@H](C(=O)OC(C)(C)C)C(C)C. The van der Waals surface area contributed by atoms with E-state index in [-0.39, 0.29) is 17.9 Å². The Morgan fingerprint density at radius 2 is 1.75 bits per heavy atom. The summed E-state index contributed by atoms with van der Waals surface area (Å²) in [5.74, 6) is 0.0895. The van der Waals surface area contributed by atoms with Crippen LogP contribution in [0.4, 0.5) is 0 Å². The highest BCUT2D eigenvalue weighted by Gasteiger charge is 2.28. The molecule has 0 fully saturated rings. The third-order valence-electron chi connectivity index (χ3n) is 2.40. The van der Waals surface area contributed by atoms with Gasteiger partial charge in [-0.25, -0.2) is 0 Å². The van der Waals surface area contributed by atoms with E-state index in [2.05, 4.69) is 19.2 Å². The van der Waals surface area contributed by atoms with Crippen LogP contribution in [-0.4, -0.2) is 23.7 Å². The molecule has 0 aliphatic rings. The molecule has 3 heteroatoms. The molecule has 0 aromatic heterocycles. The van der Waals surface area contributed by atoms with E-state index in [4.69, 9.17) is 4.74 Å². The van der Waals surface area contributed by atoms with Gasteiger partial charge in [-0.1, -0.05) is 20.8 Å². The molecule has 0 saturated heterocycles. The Hall–Kier alpha value is -0.570. The molecule has 16 heavy (non-hydrogen) atoms. The topological polar surface area (TPSA) is 38.3 Å². The molecule has 0 heterocycles. The molecule has 0 saturated carbocycles. The van der Waals surface area contributed by atoms with Gasteiger partial charge in [-0.05, 0) is 40.0 Å². The van der Waals surface area contributed by atoms with E-state index in [1.165, 1.54) is 0 Å². The van der Waals surface area contributed by atoms with Gasteiger partial charge in [0.05, 0.1) is 0 Å². The first-order valence-corrected chi connectivity index (χ1v) is 6.16. The fraction of sp³-hybridized carbons (Fsp3) is 0.923. The Bertz CT molecular complexity index is 218. The van der Waals surface area contributed by atoms with Gasteiger partial charge in [0.1, 0.15) is 11.6 Å². The molecule has 0 bridgehead atoms. The minimum absolute atomic E-state index is 0.150. The Morgan fingerprint density at radius 1 is 1.25 bits per heavy atom. The van der Waals surface area contributed by atoms with Gasteiger partial charge >= 0.3 is 5.97 Å². The molecule has 2 atom stereocenters. The maximum atomic E-state index is 12.0. The minimum Gasteiger partial charge on any atom is -0.459 e. The molecule has 0 rings (SSSR count). The first-order valence-electron chi connectivity index (χ1n) is 6.16. The van der Waals surface area contributed by atoms with Crippen molar-refractivity contribution in [2.75, 3.05) is 0 Å². The second-order valence-electron chi connectivity index (χ2n) is 5.73. The molecule has 0 aliphatic heterocycles. The zero-order valence-electron chi connectivity index (χ0n) is 11.8. The van der Waals surface area contributed by atoms with E-state index >= 15 is 0 Å². The number of rotatable bonds is 5. The van der Waals surface area contributed by atoms with Gasteiger partial charge in [0.25, 0.3) is 0 Å². The normalized spacial score (nSPS) is 16.0. The van der Waals surface area contributed by atoms with Crippen molar-refractivity contribution >= 4 is 5.97 Å². The van der Waals surface area contributed by atoms with E-state index in [0.717, 1.165) is 6.42 Å². The van der Waals surface area contributed by atoms with Gasteiger partial charge in [-0.3, -0.25) is 4.79 Å². The van der Waals surface area contributed by atoms with Crippen molar-refractivity contribution in [2.24, 2.45) is 5.92 Å². The fourth-order valence-corrected chi connectivity index (χ4v) is 1.32. The molecule has 1 N–H and O–H groups in total. The van der Waals surface area contributed by atoms with Gasteiger partial charge in [-0.2, -0.15) is 0 Å². The van der Waals surface area contributed by atoms with Gasteiger partial charge in [0, 0.05) is 6.04 Å². The lowest BCUT2D eigenvalue weighted by molar-refractivity contribution is -0.159. The largest absolute Gasteiger partial charge is 0.459 e. The molecule has 0 radical (unpaired) electrons. The molecule has 0 aliphatic carbocycles. The number of nitrogens with one attached hydrogen (secondary N) is 1. The maximum absolute atomic E-state index is 12.0. The first kappa shape index (κ1) is 15.4. The summed E-state index contributed by atoms with van der Waals surface area (Å²) >= 11 is 0. The number of esters is 1. The second kappa shape index (κ2) is 6.24. The zero-order valence-corrected chi connectivity index (χ0v) is 11.8. The van der Waals surface area contributed by atoms with E-state index in [9.17, 15) is 4.79 Å². The fourth-order valence-electron chi connectivity index (χ4n) is 1.32. The Labute approximate surface area is 99.9 Å². The van der Waals surface area contributed by atoms with Crippen LogP contribution in [0, 0.1) is 5.92 Å². The summed E-state index contributed by atoms with van der Waals surface area (Å²) in [5.41, 5.74) is -0.415. The van der Waals surface area contributed by atoms with E-state index < -0.39 is 5.60 Å². The van der Waals surface area contributed by atoms with Gasteiger partial charge in [0.15, 0.2) is 0 Å². The summed E-state index contributed by atoms with van der Waals surface area (Å²) in [6, 6.07) is 0.120. The molecule has 0 aromatic carbocycles. The average Bonchev–Trinajstić information content (AvgIpc) is 2.09. The quantitative estimate of drug-likeness (QED) is 0.737. The van der Waals surface area contributed by atoms with Crippen LogP contribution in [0.1, 0.15) is 54.9 Å². The highest BCUT2D eigenvalue weighted by Crippen LogP contribution is 2.13. The molecular formula is C13H27NO2. The number of hydrogen-bond donors (Lipinski definition) is 1. The van der Waals surface area contributed by atoms with Crippen molar-refractivity contribution in [3.8, 4) is 0 Å². The lowest BCUT2D eigenvalue weighted by Crippen LogP contribution is -2.47. The minimum atomic E-state index is -0.415. The lowest BCUT2D eigenvalue weighted by Gasteiger charge is -2.28. The summed E-state index contributed by atoms with van der Waals surface area (Å²) in [5, 5.41) is 3.31. The summed E-state index contributed by atoms with van der Waals surface area (Å²) in [6.45, 7) is 13.9. The third-order valence-corrected chi connectivity index (χ3v) is 2.40. The highest BCUT2D eigenvalue weighted by atomic mass is 16.6. The number of carbonyl (C=O) groups is 1. The number of carbonyl (C=O) groups excluding carboxylic acids is 1. The lowest BCUT2D eigenvalue weighted by atomic mass is 10.0. The van der Waals surface area contributed by atoms with E-state index in [1.54, 1.807) is 0 Å². The van der Waals surface area contributed by atoms with Crippen molar-refractivity contribution in [3.05, 3.63) is 0 Å². The molecule has 1 unspecified atom stereocenters. The summed E-state index contributed by atoms with van der Waals surface area (Å²) in [4.78, 5) is 12.0. The predicted octanol–water partition coefficient (Wildman–Crippen LogP) is 2.74. The monoisotopic (exact) mass is 229 g/mol. The summed E-state index contributed by atoms with van der Waals surface area (Å²) in [7, 11) is 0. The molecule has 0 aromatic rings. The summed E-state index contributed by atoms with van der Waals surface area (Å²) < 4.78 is 5.41. The van der Waals surface area contributed by atoms with Crippen LogP contribution < -0.4 is 5.32 Å². The van der Waals surface area contributed by atoms with Crippen molar-refractivity contribution in [1.82, 2.24) is 5.32 Å². The Morgan fingerprint density at radius 3 is 2.06 bits per heavy atom. The van der Waals surface area contributed by atoms with Gasteiger partial charge in [0.2, 0.25) is 0 Å². The van der Waals surface area contributed by atoms with Crippen LogP contribution in [0.5, 0.6) is 0 Å². The predicted molar refractivity (Wildman–Crippen MR) is 67.4 cm³/mol. The molecule has 3 nitrogen and oxygen atoms in total. The molecule has 0 amide bonds. The van der Waals surface area contributed by atoms with Crippen LogP contribution in [0.25, 0.3) is 0 Å². The van der Waals surface area contributed by atoms with Crippen LogP contribution in [0.15, 0.2) is 0 Å². The van der Waals surface area contributed by atoms with Crippen LogP contribution in [0.2, 0.25) is 0 Å². The summed E-state index contributed by atoms with van der Waals surface area (Å²) in [6.07, 6.45) is 1.01. The Balaban J connectivity index is 4.48.